The standard InChI is InChI=1S/C15H10N8OS.3C5H6N2O2/c24-14-11-12(18-6-17-11)20-15(21-14)22-23-7-19-10-8(3-4-16-13(10)23)9-2-1-5-25-9;3*1-3-2-6-5(9)7-4(3)8/h1-7H,(H3,17,18,20,21,22,24);3*2H,1H3,(H2,6,7,8,9). The molecule has 8 rings (SSSR count). The topological polar surface area (TPSA) is 314 Å². The van der Waals surface area contributed by atoms with Crippen molar-refractivity contribution >= 4 is 39.6 Å². The molecule has 8 aromatic heterocycles. The summed E-state index contributed by atoms with van der Waals surface area (Å²) in [6.07, 6.45) is 8.88. The molecule has 22 heteroatoms. The Morgan fingerprint density at radius 3 is 1.75 bits per heavy atom. The van der Waals surface area contributed by atoms with Gasteiger partial charge < -0.3 is 19.9 Å². The van der Waals surface area contributed by atoms with E-state index in [1.54, 1.807) is 49.3 Å². The highest BCUT2D eigenvalue weighted by Gasteiger charge is 2.12. The van der Waals surface area contributed by atoms with Gasteiger partial charge in [-0.15, -0.1) is 11.3 Å². The van der Waals surface area contributed by atoms with Gasteiger partial charge in [0.15, 0.2) is 16.8 Å². The van der Waals surface area contributed by atoms with Crippen molar-refractivity contribution in [1.29, 1.82) is 0 Å². The third-order valence-corrected chi connectivity index (χ3v) is 7.66. The summed E-state index contributed by atoms with van der Waals surface area (Å²) in [5.74, 6) is 0.257. The van der Waals surface area contributed by atoms with Crippen molar-refractivity contribution in [3.05, 3.63) is 151 Å². The lowest BCUT2D eigenvalue weighted by Crippen LogP contribution is -2.22. The van der Waals surface area contributed by atoms with Crippen molar-refractivity contribution in [3.63, 3.8) is 0 Å². The Morgan fingerprint density at radius 2 is 1.25 bits per heavy atom. The second-order valence-corrected chi connectivity index (χ2v) is 11.5. The molecule has 266 valence electrons. The number of hydrogen-bond donors (Lipinski definition) is 9. The zero-order valence-electron chi connectivity index (χ0n) is 27.3. The van der Waals surface area contributed by atoms with E-state index in [4.69, 9.17) is 0 Å². The second kappa shape index (κ2) is 15.8. The van der Waals surface area contributed by atoms with Crippen LogP contribution in [0.25, 0.3) is 32.8 Å². The molecule has 0 aliphatic rings. The van der Waals surface area contributed by atoms with E-state index in [2.05, 4.69) is 65.2 Å². The molecule has 52 heavy (non-hydrogen) atoms. The van der Waals surface area contributed by atoms with Gasteiger partial charge in [-0.2, -0.15) is 4.98 Å². The molecule has 8 aromatic rings. The summed E-state index contributed by atoms with van der Waals surface area (Å²) in [4.78, 5) is 112. The predicted octanol–water partition coefficient (Wildman–Crippen LogP) is 0.109. The number of anilines is 1. The van der Waals surface area contributed by atoms with E-state index in [0.717, 1.165) is 16.0 Å². The van der Waals surface area contributed by atoms with E-state index >= 15 is 0 Å². The minimum atomic E-state index is -0.467. The summed E-state index contributed by atoms with van der Waals surface area (Å²) in [7, 11) is 0. The van der Waals surface area contributed by atoms with Crippen LogP contribution in [-0.4, -0.2) is 64.5 Å². The van der Waals surface area contributed by atoms with Crippen LogP contribution in [0, 0.1) is 20.8 Å². The fraction of sp³-hybridized carbons (Fsp3) is 0.100. The van der Waals surface area contributed by atoms with Crippen LogP contribution >= 0.6 is 11.3 Å². The largest absolute Gasteiger partial charge is 0.339 e. The molecule has 0 unspecified atom stereocenters. The first kappa shape index (κ1) is 35.8. The lowest BCUT2D eigenvalue weighted by Gasteiger charge is -2.06. The molecule has 8 heterocycles. The zero-order chi connectivity index (χ0) is 37.4. The fourth-order valence-corrected chi connectivity index (χ4v) is 4.82. The first-order valence-electron chi connectivity index (χ1n) is 14.8. The number of imidazole rings is 2. The number of nitrogens with zero attached hydrogens (tertiary/aromatic N) is 5. The number of pyridine rings is 1. The maximum absolute atomic E-state index is 12.0. The van der Waals surface area contributed by atoms with Crippen LogP contribution in [0.4, 0.5) is 5.95 Å². The van der Waals surface area contributed by atoms with Gasteiger partial charge in [-0.25, -0.2) is 34.0 Å². The van der Waals surface area contributed by atoms with Crippen LogP contribution in [0.15, 0.2) is 94.6 Å². The van der Waals surface area contributed by atoms with E-state index in [9.17, 15) is 33.6 Å². The number of aryl methyl sites for hydroxylation is 3. The first-order valence-corrected chi connectivity index (χ1v) is 15.7. The maximum atomic E-state index is 12.0. The van der Waals surface area contributed by atoms with Crippen LogP contribution in [0.5, 0.6) is 0 Å². The van der Waals surface area contributed by atoms with Crippen molar-refractivity contribution in [2.45, 2.75) is 20.8 Å². The van der Waals surface area contributed by atoms with Gasteiger partial charge in [0, 0.05) is 51.9 Å². The molecule has 0 radical (unpaired) electrons. The molecule has 21 nitrogen and oxygen atoms in total. The molecule has 0 saturated carbocycles. The molecule has 0 saturated heterocycles. The van der Waals surface area contributed by atoms with Crippen LogP contribution in [0.1, 0.15) is 16.7 Å². The Balaban J connectivity index is 0.000000159. The van der Waals surface area contributed by atoms with Crippen LogP contribution in [0.3, 0.4) is 0 Å². The molecule has 0 atom stereocenters. The molecule has 9 N–H and O–H groups in total. The molecule has 0 spiro atoms. The summed E-state index contributed by atoms with van der Waals surface area (Å²) in [6.45, 7) is 4.86. The summed E-state index contributed by atoms with van der Waals surface area (Å²) >= 11 is 1.64. The summed E-state index contributed by atoms with van der Waals surface area (Å²) in [5, 5.41) is 2.02. The smallest absolute Gasteiger partial charge is 0.325 e. The molecule has 0 aliphatic carbocycles. The van der Waals surface area contributed by atoms with Gasteiger partial charge in [0.25, 0.3) is 22.2 Å². The third-order valence-electron chi connectivity index (χ3n) is 6.76. The molecular weight excluding hydrogens is 700 g/mol. The Kier molecular flexibility index (Phi) is 10.9. The van der Waals surface area contributed by atoms with Gasteiger partial charge in [0.1, 0.15) is 11.8 Å². The van der Waals surface area contributed by atoms with Gasteiger partial charge in [0.05, 0.1) is 6.33 Å². The van der Waals surface area contributed by atoms with Crippen LogP contribution in [-0.2, 0) is 0 Å². The van der Waals surface area contributed by atoms with Crippen molar-refractivity contribution < 1.29 is 0 Å². The Hall–Kier alpha value is -7.49. The van der Waals surface area contributed by atoms with Crippen LogP contribution < -0.4 is 44.7 Å². The molecular formula is C30H28N14O7S. The third kappa shape index (κ3) is 8.75. The molecule has 0 aliphatic heterocycles. The quantitative estimate of drug-likeness (QED) is 0.117. The minimum Gasteiger partial charge on any atom is -0.339 e. The SMILES string of the molecule is Cc1c[nH]c(=O)[nH]c1=O.Cc1c[nH]c(=O)[nH]c1=O.Cc1c[nH]c(=O)[nH]c1=O.O=c1[nH]c(Nn2cnc3c(-c4cccs4)ccnc32)nc2nc[nH]c12. The van der Waals surface area contributed by atoms with Crippen molar-refractivity contribution in [3.8, 4) is 10.4 Å². The minimum absolute atomic E-state index is 0.257. The fourth-order valence-electron chi connectivity index (χ4n) is 4.07. The number of hydrogen-bond acceptors (Lipinski definition) is 13. The lowest BCUT2D eigenvalue weighted by atomic mass is 10.2. The molecule has 0 fully saturated rings. The Morgan fingerprint density at radius 1 is 0.673 bits per heavy atom. The van der Waals surface area contributed by atoms with Crippen molar-refractivity contribution in [1.82, 2.24) is 64.5 Å². The van der Waals surface area contributed by atoms with Crippen molar-refractivity contribution in [2.75, 3.05) is 5.43 Å². The summed E-state index contributed by atoms with van der Waals surface area (Å²) < 4.78 is 1.61. The van der Waals surface area contributed by atoms with Gasteiger partial charge in [-0.05, 0) is 38.3 Å². The van der Waals surface area contributed by atoms with E-state index in [-0.39, 0.29) is 28.2 Å². The number of aromatic nitrogens is 13. The Bertz CT molecular complexity index is 2730. The normalized spacial score (nSPS) is 10.4. The van der Waals surface area contributed by atoms with Gasteiger partial charge in [-0.3, -0.25) is 44.5 Å². The highest BCUT2D eigenvalue weighted by Crippen LogP contribution is 2.29. The van der Waals surface area contributed by atoms with Crippen molar-refractivity contribution in [2.24, 2.45) is 0 Å². The Labute approximate surface area is 291 Å². The molecule has 0 amide bonds. The van der Waals surface area contributed by atoms with Gasteiger partial charge in [0.2, 0.25) is 5.95 Å². The molecule has 0 bridgehead atoms. The average molecular weight is 729 g/mol. The number of H-pyrrole nitrogens is 8. The first-order chi connectivity index (χ1) is 24.9. The predicted molar refractivity (Wildman–Crippen MR) is 192 cm³/mol. The van der Waals surface area contributed by atoms with E-state index in [1.165, 1.54) is 24.9 Å². The number of aromatic amines is 8. The number of nitrogens with one attached hydrogen (secondary N) is 9. The number of rotatable bonds is 3. The average Bonchev–Trinajstić information content (AvgIpc) is 3.90. The summed E-state index contributed by atoms with van der Waals surface area (Å²) in [5.41, 5.74) is 4.89. The van der Waals surface area contributed by atoms with Crippen LogP contribution in [0.2, 0.25) is 0 Å². The highest BCUT2D eigenvalue weighted by molar-refractivity contribution is 7.13. The second-order valence-electron chi connectivity index (χ2n) is 10.5. The molecule has 0 aromatic carbocycles. The van der Waals surface area contributed by atoms with E-state index in [0.29, 0.717) is 33.5 Å². The number of thiophene rings is 1. The highest BCUT2D eigenvalue weighted by atomic mass is 32.1. The summed E-state index contributed by atoms with van der Waals surface area (Å²) in [6, 6.07) is 5.97. The van der Waals surface area contributed by atoms with Gasteiger partial charge in [-0.1, -0.05) is 6.07 Å². The van der Waals surface area contributed by atoms with Gasteiger partial charge >= 0.3 is 17.1 Å². The van der Waals surface area contributed by atoms with E-state index in [1.807, 2.05) is 23.6 Å². The number of fused-ring (bicyclic) bond motifs is 2. The zero-order valence-corrected chi connectivity index (χ0v) is 28.1. The monoisotopic (exact) mass is 728 g/mol. The maximum Gasteiger partial charge on any atom is 0.325 e. The lowest BCUT2D eigenvalue weighted by molar-refractivity contribution is 0.929. The van der Waals surface area contributed by atoms with E-state index < -0.39 is 17.1 Å².